The molecule has 57 heavy (non-hydrogen) atoms. The zero-order chi connectivity index (χ0) is 37.9. The van der Waals surface area contributed by atoms with Gasteiger partial charge in [0.15, 0.2) is 0 Å². The Morgan fingerprint density at radius 2 is 1.18 bits per heavy atom. The number of ether oxygens (including phenoxy) is 1. The maximum absolute atomic E-state index is 6.74. The van der Waals surface area contributed by atoms with E-state index in [9.17, 15) is 0 Å². The van der Waals surface area contributed by atoms with Crippen molar-refractivity contribution in [3.63, 3.8) is 0 Å². The molecule has 0 fully saturated rings. The van der Waals surface area contributed by atoms with Gasteiger partial charge in [-0.05, 0) is 83.6 Å². The minimum absolute atomic E-state index is 0.638. The quantitative estimate of drug-likeness (QED) is 0.162. The highest BCUT2D eigenvalue weighted by atomic mass is 32.1. The fourth-order valence-corrected chi connectivity index (χ4v) is 9.32. The van der Waals surface area contributed by atoms with Crippen molar-refractivity contribution in [3.8, 4) is 39.6 Å². The number of thiophene rings is 1. The molecule has 3 aromatic heterocycles. The second-order valence-electron chi connectivity index (χ2n) is 14.5. The maximum atomic E-state index is 6.74. The summed E-state index contributed by atoms with van der Waals surface area (Å²) >= 11 is 1.68. The number of nitrogens with zero attached hydrogens (tertiary/aromatic N) is 4. The maximum Gasteiger partial charge on any atom is 0.139 e. The van der Waals surface area contributed by atoms with Crippen molar-refractivity contribution >= 4 is 66.1 Å². The molecule has 7 aromatic carbocycles. The SMILES string of the molecule is Cc1cc(-n2c3ccccc3c3ccc(Oc4cccc(N5CN(c6c(-c7ccccc7)cccc6-c6ccccc6)c6ccccc65)c4)cc32)nc2sccc12. The summed E-state index contributed by atoms with van der Waals surface area (Å²) in [5, 5.41) is 5.67. The largest absolute Gasteiger partial charge is 0.457 e. The Labute approximate surface area is 334 Å². The highest BCUT2D eigenvalue weighted by Crippen LogP contribution is 2.50. The Balaban J connectivity index is 0.981. The number of aryl methyl sites for hydroxylation is 1. The van der Waals surface area contributed by atoms with E-state index in [1.54, 1.807) is 11.3 Å². The van der Waals surface area contributed by atoms with E-state index in [4.69, 9.17) is 9.72 Å². The number of hydrogen-bond acceptors (Lipinski definition) is 5. The summed E-state index contributed by atoms with van der Waals surface area (Å²) in [6.07, 6.45) is 0. The summed E-state index contributed by atoms with van der Waals surface area (Å²) in [4.78, 5) is 11.0. The van der Waals surface area contributed by atoms with E-state index in [0.717, 1.165) is 55.6 Å². The molecule has 0 saturated carbocycles. The van der Waals surface area contributed by atoms with E-state index in [-0.39, 0.29) is 0 Å². The standard InChI is InChI=1S/C51H36N4OS/c1-34-30-49(52-51-40(34)28-29-57-51)55-45-23-9-8-20-43(45)44-27-26-39(32-48(44)55)56-38-19-12-18-37(31-38)53-33-54(47-25-11-10-24-46(47)53)50-41(35-14-4-2-5-15-35)21-13-22-42(50)36-16-6-3-7-17-36/h2-32H,33H2,1H3. The van der Waals surface area contributed by atoms with Gasteiger partial charge < -0.3 is 14.5 Å². The van der Waals surface area contributed by atoms with Gasteiger partial charge in [0.25, 0.3) is 0 Å². The lowest BCUT2D eigenvalue weighted by molar-refractivity contribution is 0.483. The van der Waals surface area contributed by atoms with Crippen LogP contribution < -0.4 is 14.5 Å². The molecule has 5 nitrogen and oxygen atoms in total. The first kappa shape index (κ1) is 33.2. The molecule has 0 aliphatic carbocycles. The predicted octanol–water partition coefficient (Wildman–Crippen LogP) is 14.1. The first-order valence-corrected chi connectivity index (χ1v) is 20.1. The summed E-state index contributed by atoms with van der Waals surface area (Å²) in [6.45, 7) is 2.80. The van der Waals surface area contributed by atoms with Crippen molar-refractivity contribution < 1.29 is 4.74 Å². The zero-order valence-electron chi connectivity index (χ0n) is 31.2. The Hall–Kier alpha value is -7.15. The van der Waals surface area contributed by atoms with Gasteiger partial charge in [0.05, 0.1) is 28.1 Å². The summed E-state index contributed by atoms with van der Waals surface area (Å²) in [6, 6.07) is 64.5. The molecule has 11 rings (SSSR count). The van der Waals surface area contributed by atoms with Crippen molar-refractivity contribution in [1.29, 1.82) is 0 Å². The molecule has 6 heteroatoms. The molecule has 0 bridgehead atoms. The van der Waals surface area contributed by atoms with Gasteiger partial charge in [0, 0.05) is 45.1 Å². The molecule has 272 valence electrons. The number of aromatic nitrogens is 2. The van der Waals surface area contributed by atoms with Crippen molar-refractivity contribution in [3.05, 3.63) is 193 Å². The van der Waals surface area contributed by atoms with Crippen LogP contribution >= 0.6 is 11.3 Å². The van der Waals surface area contributed by atoms with E-state index in [1.165, 1.54) is 44.3 Å². The zero-order valence-corrected chi connectivity index (χ0v) is 32.0. The molecule has 0 atom stereocenters. The van der Waals surface area contributed by atoms with Gasteiger partial charge in [-0.3, -0.25) is 4.57 Å². The highest BCUT2D eigenvalue weighted by Gasteiger charge is 2.31. The van der Waals surface area contributed by atoms with E-state index in [0.29, 0.717) is 6.67 Å². The van der Waals surface area contributed by atoms with E-state index >= 15 is 0 Å². The first-order chi connectivity index (χ1) is 28.2. The average molecular weight is 753 g/mol. The second-order valence-corrected chi connectivity index (χ2v) is 15.4. The lowest BCUT2D eigenvalue weighted by Gasteiger charge is -2.27. The summed E-state index contributed by atoms with van der Waals surface area (Å²) in [5.74, 6) is 2.45. The molecule has 0 amide bonds. The van der Waals surface area contributed by atoms with E-state index in [2.05, 4.69) is 203 Å². The van der Waals surface area contributed by atoms with Crippen LogP contribution in [0, 0.1) is 6.92 Å². The third kappa shape index (κ3) is 5.64. The molecule has 0 spiro atoms. The Bertz CT molecular complexity index is 3060. The normalized spacial score (nSPS) is 12.5. The molecule has 0 unspecified atom stereocenters. The Kier molecular flexibility index (Phi) is 7.90. The van der Waals surface area contributed by atoms with Crippen LogP contribution in [0.2, 0.25) is 0 Å². The van der Waals surface area contributed by atoms with Crippen LogP contribution in [-0.4, -0.2) is 16.2 Å². The molecule has 0 N–H and O–H groups in total. The number of rotatable bonds is 7. The van der Waals surface area contributed by atoms with Crippen LogP contribution in [0.1, 0.15) is 5.56 Å². The van der Waals surface area contributed by atoms with Gasteiger partial charge in [-0.1, -0.05) is 115 Å². The Morgan fingerprint density at radius 1 is 0.526 bits per heavy atom. The van der Waals surface area contributed by atoms with Crippen molar-refractivity contribution in [2.75, 3.05) is 16.5 Å². The third-order valence-electron chi connectivity index (χ3n) is 11.1. The molecule has 1 aliphatic heterocycles. The number of fused-ring (bicyclic) bond motifs is 5. The van der Waals surface area contributed by atoms with E-state index < -0.39 is 0 Å². The highest BCUT2D eigenvalue weighted by molar-refractivity contribution is 7.16. The van der Waals surface area contributed by atoms with Crippen LogP contribution in [0.3, 0.4) is 0 Å². The molecule has 0 saturated heterocycles. The van der Waals surface area contributed by atoms with Crippen molar-refractivity contribution in [2.24, 2.45) is 0 Å². The number of hydrogen-bond donors (Lipinski definition) is 0. The summed E-state index contributed by atoms with van der Waals surface area (Å²) in [7, 11) is 0. The monoisotopic (exact) mass is 752 g/mol. The summed E-state index contributed by atoms with van der Waals surface area (Å²) < 4.78 is 9.01. The third-order valence-corrected chi connectivity index (χ3v) is 11.9. The molecule has 1 aliphatic rings. The number of anilines is 4. The van der Waals surface area contributed by atoms with Gasteiger partial charge in [-0.25, -0.2) is 4.98 Å². The van der Waals surface area contributed by atoms with Crippen LogP contribution in [0.25, 0.3) is 60.1 Å². The minimum atomic E-state index is 0.638. The minimum Gasteiger partial charge on any atom is -0.457 e. The van der Waals surface area contributed by atoms with Gasteiger partial charge in [0.1, 0.15) is 28.8 Å². The van der Waals surface area contributed by atoms with Crippen molar-refractivity contribution in [1.82, 2.24) is 9.55 Å². The number of benzene rings is 7. The first-order valence-electron chi connectivity index (χ1n) is 19.2. The van der Waals surface area contributed by atoms with Gasteiger partial charge in [0.2, 0.25) is 0 Å². The van der Waals surface area contributed by atoms with Crippen LogP contribution in [0.4, 0.5) is 22.7 Å². The van der Waals surface area contributed by atoms with E-state index in [1.807, 2.05) is 6.07 Å². The van der Waals surface area contributed by atoms with Gasteiger partial charge in [-0.2, -0.15) is 0 Å². The molecular weight excluding hydrogens is 717 g/mol. The fraction of sp³-hybridized carbons (Fsp3) is 0.0392. The van der Waals surface area contributed by atoms with Gasteiger partial charge in [-0.15, -0.1) is 11.3 Å². The predicted molar refractivity (Wildman–Crippen MR) is 238 cm³/mol. The van der Waals surface area contributed by atoms with Gasteiger partial charge >= 0.3 is 0 Å². The molecule has 0 radical (unpaired) electrons. The number of pyridine rings is 1. The smallest absolute Gasteiger partial charge is 0.139 e. The topological polar surface area (TPSA) is 33.5 Å². The lowest BCUT2D eigenvalue weighted by Crippen LogP contribution is -2.24. The Morgan fingerprint density at radius 3 is 1.95 bits per heavy atom. The van der Waals surface area contributed by atoms with Crippen LogP contribution in [0.5, 0.6) is 11.5 Å². The average Bonchev–Trinajstić information content (AvgIpc) is 3.99. The molecule has 4 heterocycles. The molecule has 10 aromatic rings. The fourth-order valence-electron chi connectivity index (χ4n) is 8.48. The van der Waals surface area contributed by atoms with Crippen molar-refractivity contribution in [2.45, 2.75) is 6.92 Å². The molecular formula is C51H36N4OS. The number of para-hydroxylation sites is 4. The van der Waals surface area contributed by atoms with Crippen LogP contribution in [0.15, 0.2) is 187 Å². The second kappa shape index (κ2) is 13.6. The van der Waals surface area contributed by atoms with Crippen LogP contribution in [-0.2, 0) is 0 Å². The summed E-state index contributed by atoms with van der Waals surface area (Å²) in [5.41, 5.74) is 12.7. The lowest BCUT2D eigenvalue weighted by atomic mass is 9.95.